The summed E-state index contributed by atoms with van der Waals surface area (Å²) in [7, 11) is -4.50. The number of nitrogens with one attached hydrogen (secondary N) is 1. The minimum Gasteiger partial charge on any atom is -0.323 e. The second-order valence-corrected chi connectivity index (χ2v) is 9.22. The first-order valence-corrected chi connectivity index (χ1v) is 12.2. The van der Waals surface area contributed by atoms with Crippen molar-refractivity contribution in [3.63, 3.8) is 0 Å². The number of hydrogen-bond acceptors (Lipinski definition) is 4. The van der Waals surface area contributed by atoms with E-state index in [9.17, 15) is 17.8 Å². The third kappa shape index (κ3) is 5.13. The molecule has 0 fully saturated rings. The van der Waals surface area contributed by atoms with E-state index >= 15 is 0 Å². The molecule has 1 heterocycles. The molecular weight excluding hydrogens is 438 g/mol. The molecule has 0 saturated carbocycles. The fraction of sp³-hybridized carbons (Fsp3) is 0.200. The van der Waals surface area contributed by atoms with Crippen LogP contribution in [0.4, 0.5) is 5.69 Å². The first-order chi connectivity index (χ1) is 15.9. The Hall–Kier alpha value is -3.49. The number of anilines is 1. The Morgan fingerprint density at radius 1 is 1.00 bits per heavy atom. The van der Waals surface area contributed by atoms with Crippen LogP contribution in [0.5, 0.6) is 0 Å². The maximum atomic E-state index is 12.6. The van der Waals surface area contributed by atoms with Crippen LogP contribution in [0.1, 0.15) is 41.5 Å². The average molecular weight is 464 g/mol. The van der Waals surface area contributed by atoms with Crippen LogP contribution in [0.25, 0.3) is 11.0 Å². The zero-order chi connectivity index (χ0) is 23.4. The second-order valence-electron chi connectivity index (χ2n) is 7.83. The van der Waals surface area contributed by atoms with Gasteiger partial charge in [-0.3, -0.25) is 9.35 Å². The van der Waals surface area contributed by atoms with Crippen LogP contribution in [0.3, 0.4) is 0 Å². The lowest BCUT2D eigenvalue weighted by Gasteiger charge is -2.11. The minimum atomic E-state index is -4.50. The number of unbranched alkanes of at least 4 members (excludes halogenated alkanes) is 1. The topological polar surface area (TPSA) is 101 Å². The molecule has 0 bridgehead atoms. The standard InChI is InChI=1S/C25H25N3O4S/c1-2-3-12-24-27-21-9-5-6-10-22(21)28(24)17-18-13-15-19(16-14-18)26-25(29)20-8-4-7-11-23(20)33(30,31)32/h4-11,13-16H,2-3,12,17H2,1H3,(H,26,29)(H,30,31,32). The average Bonchev–Trinajstić information content (AvgIpc) is 3.15. The number of imidazole rings is 1. The lowest BCUT2D eigenvalue weighted by atomic mass is 10.1. The molecule has 33 heavy (non-hydrogen) atoms. The van der Waals surface area contributed by atoms with Gasteiger partial charge in [0.25, 0.3) is 16.0 Å². The van der Waals surface area contributed by atoms with Crippen molar-refractivity contribution in [1.82, 2.24) is 9.55 Å². The van der Waals surface area contributed by atoms with Gasteiger partial charge in [-0.1, -0.05) is 49.7 Å². The summed E-state index contributed by atoms with van der Waals surface area (Å²) in [5.74, 6) is 0.440. The molecule has 0 unspecified atom stereocenters. The van der Waals surface area contributed by atoms with E-state index in [0.29, 0.717) is 12.2 Å². The summed E-state index contributed by atoms with van der Waals surface area (Å²) in [6.45, 7) is 2.81. The zero-order valence-corrected chi connectivity index (χ0v) is 19.0. The van der Waals surface area contributed by atoms with Crippen LogP contribution in [0.2, 0.25) is 0 Å². The first kappa shape index (κ1) is 22.7. The van der Waals surface area contributed by atoms with E-state index < -0.39 is 20.9 Å². The molecule has 0 spiro atoms. The third-order valence-corrected chi connectivity index (χ3v) is 6.36. The molecule has 3 aromatic carbocycles. The maximum Gasteiger partial charge on any atom is 0.295 e. The smallest absolute Gasteiger partial charge is 0.295 e. The fourth-order valence-corrected chi connectivity index (χ4v) is 4.47. The van der Waals surface area contributed by atoms with Gasteiger partial charge in [-0.2, -0.15) is 8.42 Å². The molecule has 0 aliphatic carbocycles. The summed E-state index contributed by atoms with van der Waals surface area (Å²) in [6.07, 6.45) is 3.07. The highest BCUT2D eigenvalue weighted by molar-refractivity contribution is 7.86. The summed E-state index contributed by atoms with van der Waals surface area (Å²) in [4.78, 5) is 17.0. The molecule has 1 amide bonds. The number of amides is 1. The van der Waals surface area contributed by atoms with Gasteiger partial charge in [0, 0.05) is 18.7 Å². The van der Waals surface area contributed by atoms with Crippen LogP contribution >= 0.6 is 0 Å². The Labute approximate surface area is 192 Å². The van der Waals surface area contributed by atoms with E-state index in [-0.39, 0.29) is 5.56 Å². The van der Waals surface area contributed by atoms with Gasteiger partial charge in [-0.25, -0.2) is 4.98 Å². The molecule has 1 aromatic heterocycles. The Morgan fingerprint density at radius 2 is 1.70 bits per heavy atom. The molecule has 4 aromatic rings. The van der Waals surface area contributed by atoms with Gasteiger partial charge in [0.1, 0.15) is 10.7 Å². The summed E-state index contributed by atoms with van der Waals surface area (Å²) < 4.78 is 34.7. The van der Waals surface area contributed by atoms with Crippen LogP contribution in [-0.2, 0) is 23.1 Å². The van der Waals surface area contributed by atoms with Gasteiger partial charge in [-0.15, -0.1) is 0 Å². The summed E-state index contributed by atoms with van der Waals surface area (Å²) in [5.41, 5.74) is 3.52. The number of nitrogens with zero attached hydrogens (tertiary/aromatic N) is 2. The van der Waals surface area contributed by atoms with Crippen LogP contribution in [0, 0.1) is 0 Å². The normalized spacial score (nSPS) is 11.6. The van der Waals surface area contributed by atoms with Crippen molar-refractivity contribution in [3.05, 3.63) is 89.7 Å². The Kier molecular flexibility index (Phi) is 6.57. The molecule has 0 aliphatic rings. The quantitative estimate of drug-likeness (QED) is 0.361. The molecule has 0 aliphatic heterocycles. The second kappa shape index (κ2) is 9.56. The minimum absolute atomic E-state index is 0.116. The number of carbonyl (C=O) groups excluding carboxylic acids is 1. The van der Waals surface area contributed by atoms with E-state index in [4.69, 9.17) is 4.98 Å². The van der Waals surface area contributed by atoms with Gasteiger partial charge < -0.3 is 9.88 Å². The van der Waals surface area contributed by atoms with E-state index in [0.717, 1.165) is 41.7 Å². The van der Waals surface area contributed by atoms with Crippen molar-refractivity contribution in [1.29, 1.82) is 0 Å². The SMILES string of the molecule is CCCCc1nc2ccccc2n1Cc1ccc(NC(=O)c2ccccc2S(=O)(=O)O)cc1. The molecule has 4 rings (SSSR count). The number of carbonyl (C=O) groups is 1. The predicted molar refractivity (Wildman–Crippen MR) is 128 cm³/mol. The summed E-state index contributed by atoms with van der Waals surface area (Å²) in [5, 5.41) is 2.69. The van der Waals surface area contributed by atoms with Crippen molar-refractivity contribution in [3.8, 4) is 0 Å². The molecule has 0 saturated heterocycles. The van der Waals surface area contributed by atoms with E-state index in [1.54, 1.807) is 12.1 Å². The largest absolute Gasteiger partial charge is 0.323 e. The van der Waals surface area contributed by atoms with Gasteiger partial charge in [0.05, 0.1) is 16.6 Å². The monoisotopic (exact) mass is 463 g/mol. The van der Waals surface area contributed by atoms with E-state index in [1.807, 2.05) is 30.3 Å². The number of para-hydroxylation sites is 2. The van der Waals surface area contributed by atoms with Crippen molar-refractivity contribution >= 4 is 32.7 Å². The predicted octanol–water partition coefficient (Wildman–Crippen LogP) is 4.93. The highest BCUT2D eigenvalue weighted by atomic mass is 32.2. The maximum absolute atomic E-state index is 12.6. The van der Waals surface area contributed by atoms with Gasteiger partial charge >= 0.3 is 0 Å². The molecule has 7 nitrogen and oxygen atoms in total. The fourth-order valence-electron chi connectivity index (χ4n) is 3.78. The number of benzene rings is 3. The van der Waals surface area contributed by atoms with Gasteiger partial charge in [-0.05, 0) is 48.4 Å². The molecule has 170 valence electrons. The number of rotatable bonds is 8. The highest BCUT2D eigenvalue weighted by Crippen LogP contribution is 2.21. The van der Waals surface area contributed by atoms with E-state index in [2.05, 4.69) is 22.9 Å². The van der Waals surface area contributed by atoms with Crippen molar-refractivity contribution in [2.45, 2.75) is 37.6 Å². The molecule has 0 atom stereocenters. The summed E-state index contributed by atoms with van der Waals surface area (Å²) >= 11 is 0. The molecule has 2 N–H and O–H groups in total. The molecule has 0 radical (unpaired) electrons. The number of aryl methyl sites for hydroxylation is 1. The van der Waals surface area contributed by atoms with Crippen molar-refractivity contribution < 1.29 is 17.8 Å². The summed E-state index contributed by atoms with van der Waals surface area (Å²) in [6, 6.07) is 21.0. The lowest BCUT2D eigenvalue weighted by Crippen LogP contribution is -2.16. The zero-order valence-electron chi connectivity index (χ0n) is 18.2. The van der Waals surface area contributed by atoms with Gasteiger partial charge in [0.15, 0.2) is 0 Å². The Balaban J connectivity index is 1.54. The van der Waals surface area contributed by atoms with Crippen molar-refractivity contribution in [2.75, 3.05) is 5.32 Å². The third-order valence-electron chi connectivity index (χ3n) is 5.45. The lowest BCUT2D eigenvalue weighted by molar-refractivity contribution is 0.102. The van der Waals surface area contributed by atoms with Crippen LogP contribution < -0.4 is 5.32 Å². The van der Waals surface area contributed by atoms with Gasteiger partial charge in [0.2, 0.25) is 0 Å². The Bertz CT molecular complexity index is 1390. The Morgan fingerprint density at radius 3 is 2.42 bits per heavy atom. The highest BCUT2D eigenvalue weighted by Gasteiger charge is 2.20. The first-order valence-electron chi connectivity index (χ1n) is 10.8. The number of fused-ring (bicyclic) bond motifs is 1. The number of aromatic nitrogens is 2. The van der Waals surface area contributed by atoms with Crippen LogP contribution in [-0.4, -0.2) is 28.4 Å². The van der Waals surface area contributed by atoms with Crippen molar-refractivity contribution in [2.24, 2.45) is 0 Å². The molecular formula is C25H25N3O4S. The van der Waals surface area contributed by atoms with Crippen LogP contribution in [0.15, 0.2) is 77.7 Å². The number of hydrogen-bond donors (Lipinski definition) is 2. The van der Waals surface area contributed by atoms with E-state index in [1.165, 1.54) is 24.3 Å². The molecule has 8 heteroatoms.